The molecule has 0 aliphatic carbocycles. The van der Waals surface area contributed by atoms with Gasteiger partial charge in [0.05, 0.1) is 23.8 Å². The maximum absolute atomic E-state index is 12.4. The number of carbonyl (C=O) groups excluding carboxylic acids is 2. The lowest BCUT2D eigenvalue weighted by Crippen LogP contribution is -2.36. The van der Waals surface area contributed by atoms with Crippen molar-refractivity contribution in [2.24, 2.45) is 11.7 Å². The van der Waals surface area contributed by atoms with Gasteiger partial charge in [-0.05, 0) is 18.9 Å². The summed E-state index contributed by atoms with van der Waals surface area (Å²) in [6.45, 7) is 1.01. The molecule has 0 aromatic heterocycles. The number of rotatable bonds is 6. The zero-order chi connectivity index (χ0) is 20.0. The molecule has 10 heteroatoms. The molecule has 0 radical (unpaired) electrons. The van der Waals surface area contributed by atoms with Crippen LogP contribution in [0.1, 0.15) is 12.8 Å². The summed E-state index contributed by atoms with van der Waals surface area (Å²) in [7, 11) is 1.32. The number of primary amides is 1. The third kappa shape index (κ3) is 4.94. The molecule has 1 aliphatic heterocycles. The number of nitro groups is 1. The van der Waals surface area contributed by atoms with E-state index in [0.717, 1.165) is 0 Å². The molecule has 1 fully saturated rings. The summed E-state index contributed by atoms with van der Waals surface area (Å²) >= 11 is 0. The lowest BCUT2D eigenvalue weighted by atomic mass is 9.96. The fourth-order valence-electron chi connectivity index (χ4n) is 2.72. The highest BCUT2D eigenvalue weighted by Crippen LogP contribution is 2.29. The maximum atomic E-state index is 12.4. The van der Waals surface area contributed by atoms with Gasteiger partial charge in [-0.1, -0.05) is 0 Å². The van der Waals surface area contributed by atoms with Gasteiger partial charge in [-0.25, -0.2) is 0 Å². The maximum Gasteiger partial charge on any atom is 0.273 e. The van der Waals surface area contributed by atoms with Gasteiger partial charge in [0.15, 0.2) is 0 Å². The number of hydrogen-bond acceptors (Lipinski definition) is 7. The van der Waals surface area contributed by atoms with Gasteiger partial charge in [-0.2, -0.15) is 5.26 Å². The molecule has 0 spiro atoms. The smallest absolute Gasteiger partial charge is 0.273 e. The number of hydrogen-bond donors (Lipinski definition) is 2. The Hall–Kier alpha value is -3.61. The third-order valence-corrected chi connectivity index (χ3v) is 4.25. The fourth-order valence-corrected chi connectivity index (χ4v) is 2.72. The molecule has 0 saturated carbocycles. The SMILES string of the molecule is COc1cc([N+](=O)[O-])ccc1NC(=O)/C(C#N)=C\N1CCC(C(N)=O)CC1. The number of nitrogens with zero attached hydrogens (tertiary/aromatic N) is 3. The van der Waals surface area contributed by atoms with Crippen LogP contribution >= 0.6 is 0 Å². The Balaban J connectivity index is 2.10. The van der Waals surface area contributed by atoms with Crippen LogP contribution in [-0.2, 0) is 9.59 Å². The molecule has 10 nitrogen and oxygen atoms in total. The molecule has 2 rings (SSSR count). The molecule has 1 saturated heterocycles. The van der Waals surface area contributed by atoms with E-state index in [-0.39, 0.29) is 34.5 Å². The van der Waals surface area contributed by atoms with Crippen LogP contribution in [0.5, 0.6) is 5.75 Å². The van der Waals surface area contributed by atoms with Crippen LogP contribution in [0.3, 0.4) is 0 Å². The van der Waals surface area contributed by atoms with Crippen molar-refractivity contribution < 1.29 is 19.2 Å². The molecule has 1 aromatic rings. The number of nitrogens with two attached hydrogens (primary N) is 1. The van der Waals surface area contributed by atoms with Crippen LogP contribution in [0.15, 0.2) is 30.0 Å². The van der Waals surface area contributed by atoms with Crippen molar-refractivity contribution in [1.82, 2.24) is 4.90 Å². The fraction of sp³-hybridized carbons (Fsp3) is 0.353. The summed E-state index contributed by atoms with van der Waals surface area (Å²) in [6, 6.07) is 5.58. The van der Waals surface area contributed by atoms with E-state index in [1.165, 1.54) is 31.5 Å². The van der Waals surface area contributed by atoms with E-state index >= 15 is 0 Å². The Kier molecular flexibility index (Phi) is 6.32. The Morgan fingerprint density at radius 3 is 2.63 bits per heavy atom. The standard InChI is InChI=1S/C17H19N5O5/c1-27-15-8-13(22(25)26)2-3-14(15)20-17(24)12(9-18)10-21-6-4-11(5-7-21)16(19)23/h2-3,8,10-11H,4-7H2,1H3,(H2,19,23)(H,20,24)/b12-10-. The normalized spacial score (nSPS) is 15.0. The molecule has 27 heavy (non-hydrogen) atoms. The number of nitriles is 1. The highest BCUT2D eigenvalue weighted by atomic mass is 16.6. The second kappa shape index (κ2) is 8.66. The van der Waals surface area contributed by atoms with Crippen LogP contribution in [-0.4, -0.2) is 41.8 Å². The van der Waals surface area contributed by atoms with Gasteiger partial charge in [0.1, 0.15) is 17.4 Å². The Labute approximate surface area is 155 Å². The largest absolute Gasteiger partial charge is 0.494 e. The number of carbonyl (C=O) groups is 2. The molecular weight excluding hydrogens is 354 g/mol. The van der Waals surface area contributed by atoms with Crippen LogP contribution in [0.25, 0.3) is 0 Å². The van der Waals surface area contributed by atoms with Crippen molar-refractivity contribution in [2.45, 2.75) is 12.8 Å². The molecule has 0 atom stereocenters. The van der Waals surface area contributed by atoms with Crippen molar-refractivity contribution >= 4 is 23.2 Å². The molecule has 0 bridgehead atoms. The molecule has 1 heterocycles. The Morgan fingerprint density at radius 1 is 1.44 bits per heavy atom. The van der Waals surface area contributed by atoms with Crippen molar-refractivity contribution in [3.63, 3.8) is 0 Å². The lowest BCUT2D eigenvalue weighted by molar-refractivity contribution is -0.384. The van der Waals surface area contributed by atoms with E-state index in [1.807, 2.05) is 6.07 Å². The predicted octanol–water partition coefficient (Wildman–Crippen LogP) is 1.15. The number of piperidine rings is 1. The first kappa shape index (κ1) is 19.7. The molecule has 1 aromatic carbocycles. The zero-order valence-corrected chi connectivity index (χ0v) is 14.7. The lowest BCUT2D eigenvalue weighted by Gasteiger charge is -2.29. The summed E-state index contributed by atoms with van der Waals surface area (Å²) in [5.74, 6) is -1.10. The van der Waals surface area contributed by atoms with Crippen molar-refractivity contribution in [3.05, 3.63) is 40.1 Å². The number of methoxy groups -OCH3 is 1. The molecule has 3 N–H and O–H groups in total. The Bertz CT molecular complexity index is 821. The summed E-state index contributed by atoms with van der Waals surface area (Å²) in [5.41, 5.74) is 5.18. The second-order valence-electron chi connectivity index (χ2n) is 5.96. The first-order valence-electron chi connectivity index (χ1n) is 8.14. The van der Waals surface area contributed by atoms with Gasteiger partial charge in [0.25, 0.3) is 11.6 Å². The van der Waals surface area contributed by atoms with Gasteiger partial charge >= 0.3 is 0 Å². The average molecular weight is 373 g/mol. The van der Waals surface area contributed by atoms with E-state index in [2.05, 4.69) is 5.32 Å². The van der Waals surface area contributed by atoms with E-state index in [4.69, 9.17) is 10.5 Å². The first-order valence-corrected chi connectivity index (χ1v) is 8.14. The Morgan fingerprint density at radius 2 is 2.11 bits per heavy atom. The molecule has 0 unspecified atom stereocenters. The van der Waals surface area contributed by atoms with Crippen LogP contribution < -0.4 is 15.8 Å². The number of ether oxygens (including phenoxy) is 1. The molecular formula is C17H19N5O5. The number of amides is 2. The van der Waals surface area contributed by atoms with Crippen LogP contribution in [0, 0.1) is 27.4 Å². The van der Waals surface area contributed by atoms with Gasteiger partial charge in [-0.15, -0.1) is 0 Å². The molecule has 142 valence electrons. The third-order valence-electron chi connectivity index (χ3n) is 4.25. The average Bonchev–Trinajstić information content (AvgIpc) is 2.66. The number of anilines is 1. The number of non-ortho nitro benzene ring substituents is 1. The summed E-state index contributed by atoms with van der Waals surface area (Å²) in [5, 5.41) is 22.6. The van der Waals surface area contributed by atoms with Crippen LogP contribution in [0.2, 0.25) is 0 Å². The summed E-state index contributed by atoms with van der Waals surface area (Å²) in [4.78, 5) is 35.6. The van der Waals surface area contributed by atoms with Gasteiger partial charge in [0, 0.05) is 31.3 Å². The zero-order valence-electron chi connectivity index (χ0n) is 14.7. The minimum atomic E-state index is -0.665. The van der Waals surface area contributed by atoms with Crippen molar-refractivity contribution in [2.75, 3.05) is 25.5 Å². The predicted molar refractivity (Wildman–Crippen MR) is 95.5 cm³/mol. The highest BCUT2D eigenvalue weighted by Gasteiger charge is 2.23. The second-order valence-corrected chi connectivity index (χ2v) is 5.96. The molecule has 2 amide bonds. The van der Waals surface area contributed by atoms with Crippen molar-refractivity contribution in [3.8, 4) is 11.8 Å². The van der Waals surface area contributed by atoms with E-state index in [0.29, 0.717) is 25.9 Å². The summed E-state index contributed by atoms with van der Waals surface area (Å²) in [6.07, 6.45) is 2.55. The minimum Gasteiger partial charge on any atom is -0.494 e. The number of nitrogens with one attached hydrogen (secondary N) is 1. The van der Waals surface area contributed by atoms with E-state index in [1.54, 1.807) is 4.90 Å². The topological polar surface area (TPSA) is 152 Å². The quantitative estimate of drug-likeness (QED) is 0.328. The van der Waals surface area contributed by atoms with Gasteiger partial charge in [-0.3, -0.25) is 19.7 Å². The van der Waals surface area contributed by atoms with E-state index in [9.17, 15) is 25.0 Å². The van der Waals surface area contributed by atoms with Crippen molar-refractivity contribution in [1.29, 1.82) is 5.26 Å². The van der Waals surface area contributed by atoms with Gasteiger partial charge in [0.2, 0.25) is 5.91 Å². The summed E-state index contributed by atoms with van der Waals surface area (Å²) < 4.78 is 5.06. The first-order chi connectivity index (χ1) is 12.8. The van der Waals surface area contributed by atoms with E-state index < -0.39 is 10.8 Å². The van der Waals surface area contributed by atoms with Crippen LogP contribution in [0.4, 0.5) is 11.4 Å². The molecule has 1 aliphatic rings. The monoisotopic (exact) mass is 373 g/mol. The highest BCUT2D eigenvalue weighted by molar-refractivity contribution is 6.07. The van der Waals surface area contributed by atoms with Gasteiger partial charge < -0.3 is 20.7 Å². The minimum absolute atomic E-state index is 0.108. The number of nitro benzene ring substituents is 1. The number of benzene rings is 1. The number of likely N-dealkylation sites (tertiary alicyclic amines) is 1.